The number of fused-ring (bicyclic) bond motifs is 1. The lowest BCUT2D eigenvalue weighted by molar-refractivity contribution is 0.0636. The monoisotopic (exact) mass is 301 g/mol. The van der Waals surface area contributed by atoms with E-state index in [1.807, 2.05) is 7.11 Å². The van der Waals surface area contributed by atoms with Crippen LogP contribution in [0.4, 0.5) is 0 Å². The zero-order valence-corrected chi connectivity index (χ0v) is 13.8. The number of methoxy groups -OCH3 is 1. The lowest BCUT2D eigenvalue weighted by Gasteiger charge is -2.35. The van der Waals surface area contributed by atoms with Gasteiger partial charge in [-0.2, -0.15) is 0 Å². The average Bonchev–Trinajstić information content (AvgIpc) is 2.85. The third kappa shape index (κ3) is 3.33. The molecule has 1 fully saturated rings. The van der Waals surface area contributed by atoms with E-state index in [1.54, 1.807) is 0 Å². The van der Waals surface area contributed by atoms with Gasteiger partial charge in [0.15, 0.2) is 0 Å². The normalized spacial score (nSPS) is 19.8. The molecular weight excluding hydrogens is 274 g/mol. The molecule has 4 heteroatoms. The number of piperidine rings is 1. The van der Waals surface area contributed by atoms with E-state index in [0.29, 0.717) is 6.04 Å². The molecule has 0 radical (unpaired) electrons. The maximum atomic E-state index is 5.38. The summed E-state index contributed by atoms with van der Waals surface area (Å²) in [4.78, 5) is 7.26. The van der Waals surface area contributed by atoms with Gasteiger partial charge in [-0.05, 0) is 44.9 Å². The van der Waals surface area contributed by atoms with Crippen LogP contribution in [0.1, 0.15) is 31.5 Å². The van der Waals surface area contributed by atoms with E-state index in [0.717, 1.165) is 31.0 Å². The van der Waals surface area contributed by atoms with Crippen molar-refractivity contribution in [3.05, 3.63) is 30.1 Å². The average molecular weight is 301 g/mol. The van der Waals surface area contributed by atoms with E-state index in [-0.39, 0.29) is 0 Å². The second-order valence-electron chi connectivity index (χ2n) is 6.29. The van der Waals surface area contributed by atoms with Crippen molar-refractivity contribution in [2.75, 3.05) is 26.8 Å². The number of hydrogen-bond donors (Lipinski definition) is 0. The van der Waals surface area contributed by atoms with Gasteiger partial charge < -0.3 is 9.30 Å². The highest BCUT2D eigenvalue weighted by Crippen LogP contribution is 2.19. The molecule has 0 saturated carbocycles. The van der Waals surface area contributed by atoms with Crippen LogP contribution in [0, 0.1) is 6.92 Å². The van der Waals surface area contributed by atoms with Crippen LogP contribution >= 0.6 is 0 Å². The Balaban J connectivity index is 1.61. The molecule has 0 aliphatic carbocycles. The van der Waals surface area contributed by atoms with Crippen LogP contribution in [0.5, 0.6) is 0 Å². The summed E-state index contributed by atoms with van der Waals surface area (Å²) in [6.45, 7) is 6.39. The Morgan fingerprint density at radius 1 is 1.23 bits per heavy atom. The van der Waals surface area contributed by atoms with Crippen molar-refractivity contribution in [1.29, 1.82) is 0 Å². The van der Waals surface area contributed by atoms with Gasteiger partial charge in [-0.1, -0.05) is 18.6 Å². The minimum absolute atomic E-state index is 0.611. The molecule has 1 aliphatic heterocycles. The summed E-state index contributed by atoms with van der Waals surface area (Å²) in [6, 6.07) is 9.03. The first-order chi connectivity index (χ1) is 10.8. The number of imidazole rings is 1. The number of ether oxygens (including phenoxy) is 1. The standard InChI is InChI=1S/C18H27N3O/c1-15-19-17-9-3-4-10-18(17)21(15)13-7-12-20-11-6-5-8-16(20)14-22-2/h3-4,9-10,16H,5-8,11-14H2,1-2H3/t16-/m0/s1. The summed E-state index contributed by atoms with van der Waals surface area (Å²) in [5.74, 6) is 1.12. The molecule has 0 amide bonds. The van der Waals surface area contributed by atoms with Crippen LogP contribution in [0.3, 0.4) is 0 Å². The van der Waals surface area contributed by atoms with E-state index in [2.05, 4.69) is 45.6 Å². The quantitative estimate of drug-likeness (QED) is 0.820. The zero-order valence-electron chi connectivity index (χ0n) is 13.8. The van der Waals surface area contributed by atoms with Crippen LogP contribution in [-0.4, -0.2) is 47.3 Å². The van der Waals surface area contributed by atoms with Gasteiger partial charge in [0.05, 0.1) is 17.6 Å². The van der Waals surface area contributed by atoms with Gasteiger partial charge in [-0.25, -0.2) is 4.98 Å². The summed E-state index contributed by atoms with van der Waals surface area (Å²) >= 11 is 0. The minimum Gasteiger partial charge on any atom is -0.383 e. The number of benzene rings is 1. The highest BCUT2D eigenvalue weighted by atomic mass is 16.5. The highest BCUT2D eigenvalue weighted by Gasteiger charge is 2.21. The van der Waals surface area contributed by atoms with Crippen LogP contribution in [-0.2, 0) is 11.3 Å². The number of aromatic nitrogens is 2. The maximum Gasteiger partial charge on any atom is 0.106 e. The summed E-state index contributed by atoms with van der Waals surface area (Å²) in [7, 11) is 1.81. The van der Waals surface area contributed by atoms with Gasteiger partial charge in [0.1, 0.15) is 5.82 Å². The van der Waals surface area contributed by atoms with Crippen LogP contribution in [0.25, 0.3) is 11.0 Å². The summed E-state index contributed by atoms with van der Waals surface area (Å²) < 4.78 is 7.74. The van der Waals surface area contributed by atoms with E-state index >= 15 is 0 Å². The number of hydrogen-bond acceptors (Lipinski definition) is 3. The molecule has 1 aromatic heterocycles. The third-order valence-electron chi connectivity index (χ3n) is 4.78. The highest BCUT2D eigenvalue weighted by molar-refractivity contribution is 5.75. The number of aryl methyl sites for hydroxylation is 2. The Morgan fingerprint density at radius 3 is 2.95 bits per heavy atom. The SMILES string of the molecule is COC[C@@H]1CCCCN1CCCn1c(C)nc2ccccc21. The summed E-state index contributed by atoms with van der Waals surface area (Å²) in [5.41, 5.74) is 2.36. The first kappa shape index (κ1) is 15.5. The van der Waals surface area contributed by atoms with E-state index in [9.17, 15) is 0 Å². The van der Waals surface area contributed by atoms with E-state index < -0.39 is 0 Å². The topological polar surface area (TPSA) is 30.3 Å². The van der Waals surface area contributed by atoms with Crippen LogP contribution in [0.2, 0.25) is 0 Å². The molecule has 120 valence electrons. The van der Waals surface area contributed by atoms with Crippen molar-refractivity contribution in [2.45, 2.75) is 45.2 Å². The van der Waals surface area contributed by atoms with Crippen molar-refractivity contribution < 1.29 is 4.74 Å². The second-order valence-corrected chi connectivity index (χ2v) is 6.29. The predicted molar refractivity (Wildman–Crippen MR) is 90.2 cm³/mol. The van der Waals surface area contributed by atoms with Crippen molar-refractivity contribution in [3.63, 3.8) is 0 Å². The molecule has 1 atom stereocenters. The molecule has 0 spiro atoms. The van der Waals surface area contributed by atoms with E-state index in [4.69, 9.17) is 4.74 Å². The zero-order chi connectivity index (χ0) is 15.4. The molecule has 2 aromatic rings. The molecule has 0 bridgehead atoms. The maximum absolute atomic E-state index is 5.38. The fourth-order valence-electron chi connectivity index (χ4n) is 3.65. The van der Waals surface area contributed by atoms with Crippen molar-refractivity contribution in [1.82, 2.24) is 14.5 Å². The first-order valence-electron chi connectivity index (χ1n) is 8.44. The molecule has 22 heavy (non-hydrogen) atoms. The molecule has 1 aliphatic rings. The largest absolute Gasteiger partial charge is 0.383 e. The molecule has 3 rings (SSSR count). The van der Waals surface area contributed by atoms with Crippen LogP contribution in [0.15, 0.2) is 24.3 Å². The van der Waals surface area contributed by atoms with Gasteiger partial charge in [0.25, 0.3) is 0 Å². The number of rotatable bonds is 6. The lowest BCUT2D eigenvalue weighted by Crippen LogP contribution is -2.42. The van der Waals surface area contributed by atoms with Gasteiger partial charge in [-0.15, -0.1) is 0 Å². The van der Waals surface area contributed by atoms with E-state index in [1.165, 1.54) is 37.7 Å². The van der Waals surface area contributed by atoms with Gasteiger partial charge in [-0.3, -0.25) is 4.90 Å². The lowest BCUT2D eigenvalue weighted by atomic mass is 10.0. The Bertz CT molecular complexity index is 605. The Kier molecular flexibility index (Phi) is 5.11. The summed E-state index contributed by atoms with van der Waals surface area (Å²) in [5, 5.41) is 0. The minimum atomic E-state index is 0.611. The smallest absolute Gasteiger partial charge is 0.106 e. The summed E-state index contributed by atoms with van der Waals surface area (Å²) in [6.07, 6.45) is 5.12. The fourth-order valence-corrected chi connectivity index (χ4v) is 3.65. The van der Waals surface area contributed by atoms with Crippen molar-refractivity contribution in [2.24, 2.45) is 0 Å². The molecule has 2 heterocycles. The van der Waals surface area contributed by atoms with Crippen molar-refractivity contribution in [3.8, 4) is 0 Å². The third-order valence-corrected chi connectivity index (χ3v) is 4.78. The predicted octanol–water partition coefficient (Wildman–Crippen LogP) is 3.24. The second kappa shape index (κ2) is 7.25. The fraction of sp³-hybridized carbons (Fsp3) is 0.611. The Hall–Kier alpha value is -1.39. The molecular formula is C18H27N3O. The number of likely N-dealkylation sites (tertiary alicyclic amines) is 1. The van der Waals surface area contributed by atoms with Crippen molar-refractivity contribution >= 4 is 11.0 Å². The number of para-hydroxylation sites is 2. The van der Waals surface area contributed by atoms with Gasteiger partial charge in [0, 0.05) is 26.2 Å². The van der Waals surface area contributed by atoms with Gasteiger partial charge in [0.2, 0.25) is 0 Å². The molecule has 0 N–H and O–H groups in total. The first-order valence-corrected chi connectivity index (χ1v) is 8.44. The van der Waals surface area contributed by atoms with Crippen LogP contribution < -0.4 is 0 Å². The Morgan fingerprint density at radius 2 is 2.09 bits per heavy atom. The Labute approximate surface area is 133 Å². The molecule has 1 aromatic carbocycles. The molecule has 4 nitrogen and oxygen atoms in total. The molecule has 0 unspecified atom stereocenters. The molecule has 1 saturated heterocycles. The number of nitrogens with zero attached hydrogens (tertiary/aromatic N) is 3. The van der Waals surface area contributed by atoms with Gasteiger partial charge >= 0.3 is 0 Å².